The number of methoxy groups -OCH3 is 1. The Bertz CT molecular complexity index is 599. The summed E-state index contributed by atoms with van der Waals surface area (Å²) >= 11 is 0. The van der Waals surface area contributed by atoms with Crippen molar-refractivity contribution in [1.29, 1.82) is 0 Å². The minimum Gasteiger partial charge on any atom is -0.494 e. The zero-order chi connectivity index (χ0) is 13.8. The third-order valence-electron chi connectivity index (χ3n) is 2.43. The highest BCUT2D eigenvalue weighted by atomic mass is 19.1. The number of ether oxygens (including phenoxy) is 1. The summed E-state index contributed by atoms with van der Waals surface area (Å²) in [5.74, 6) is -0.845. The molecule has 0 saturated heterocycles. The van der Waals surface area contributed by atoms with Crippen LogP contribution in [0.15, 0.2) is 36.5 Å². The Morgan fingerprint density at radius 3 is 2.79 bits per heavy atom. The maximum Gasteiger partial charge on any atom is 0.274 e. The van der Waals surface area contributed by atoms with Crippen molar-refractivity contribution in [1.82, 2.24) is 4.98 Å². The normalized spacial score (nSPS) is 10.0. The predicted octanol–water partition coefficient (Wildman–Crippen LogP) is 2.06. The highest BCUT2D eigenvalue weighted by Crippen LogP contribution is 2.21. The van der Waals surface area contributed by atoms with Gasteiger partial charge in [0.05, 0.1) is 19.0 Å². The highest BCUT2D eigenvalue weighted by molar-refractivity contribution is 6.03. The summed E-state index contributed by atoms with van der Waals surface area (Å²) in [4.78, 5) is 15.8. The van der Waals surface area contributed by atoms with Gasteiger partial charge in [0.2, 0.25) is 0 Å². The Labute approximate surface area is 109 Å². The average molecular weight is 261 g/mol. The van der Waals surface area contributed by atoms with Gasteiger partial charge in [-0.25, -0.2) is 9.37 Å². The first-order valence-corrected chi connectivity index (χ1v) is 5.46. The van der Waals surface area contributed by atoms with Gasteiger partial charge in [0.25, 0.3) is 5.91 Å². The minimum atomic E-state index is -0.494. The predicted molar refractivity (Wildman–Crippen MR) is 69.6 cm³/mol. The molecule has 19 heavy (non-hydrogen) atoms. The van der Waals surface area contributed by atoms with Crippen molar-refractivity contribution in [3.05, 3.63) is 48.0 Å². The Morgan fingerprint density at radius 2 is 2.16 bits per heavy atom. The summed E-state index contributed by atoms with van der Waals surface area (Å²) in [6, 6.07) is 7.13. The summed E-state index contributed by atoms with van der Waals surface area (Å²) < 4.78 is 18.0. The van der Waals surface area contributed by atoms with E-state index in [1.54, 1.807) is 6.07 Å². The fourth-order valence-corrected chi connectivity index (χ4v) is 1.47. The van der Waals surface area contributed by atoms with E-state index in [2.05, 4.69) is 10.3 Å². The zero-order valence-corrected chi connectivity index (χ0v) is 10.2. The number of nitrogens with one attached hydrogen (secondary N) is 1. The molecule has 1 aromatic heterocycles. The molecule has 2 aromatic rings. The number of hydrogen-bond acceptors (Lipinski definition) is 4. The van der Waals surface area contributed by atoms with E-state index in [1.807, 2.05) is 0 Å². The molecule has 0 spiro atoms. The molecule has 98 valence electrons. The third kappa shape index (κ3) is 2.98. The Hall–Kier alpha value is -2.63. The number of hydrogen-bond donors (Lipinski definition) is 2. The van der Waals surface area contributed by atoms with E-state index in [-0.39, 0.29) is 11.4 Å². The van der Waals surface area contributed by atoms with Crippen LogP contribution in [0, 0.1) is 5.82 Å². The quantitative estimate of drug-likeness (QED) is 0.886. The van der Waals surface area contributed by atoms with Gasteiger partial charge in [-0.05, 0) is 24.3 Å². The van der Waals surface area contributed by atoms with Gasteiger partial charge >= 0.3 is 0 Å². The molecule has 0 atom stereocenters. The van der Waals surface area contributed by atoms with Gasteiger partial charge in [0, 0.05) is 11.8 Å². The Morgan fingerprint density at radius 1 is 1.37 bits per heavy atom. The van der Waals surface area contributed by atoms with E-state index < -0.39 is 11.7 Å². The molecule has 5 nitrogen and oxygen atoms in total. The lowest BCUT2D eigenvalue weighted by atomic mass is 10.2. The number of aromatic nitrogens is 1. The van der Waals surface area contributed by atoms with Crippen molar-refractivity contribution in [3.63, 3.8) is 0 Å². The Balaban J connectivity index is 2.17. The smallest absolute Gasteiger partial charge is 0.274 e. The summed E-state index contributed by atoms with van der Waals surface area (Å²) in [7, 11) is 1.35. The number of nitrogen functional groups attached to an aromatic ring is 1. The van der Waals surface area contributed by atoms with E-state index >= 15 is 0 Å². The van der Waals surface area contributed by atoms with Gasteiger partial charge in [0.1, 0.15) is 5.69 Å². The van der Waals surface area contributed by atoms with Crippen LogP contribution in [0.2, 0.25) is 0 Å². The van der Waals surface area contributed by atoms with Gasteiger partial charge in [-0.3, -0.25) is 4.79 Å². The van der Waals surface area contributed by atoms with Gasteiger partial charge < -0.3 is 15.8 Å². The average Bonchev–Trinajstić information content (AvgIpc) is 2.41. The number of halogens is 1. The molecule has 0 fully saturated rings. The molecule has 3 N–H and O–H groups in total. The minimum absolute atomic E-state index is 0.0584. The van der Waals surface area contributed by atoms with Crippen LogP contribution in [0.3, 0.4) is 0 Å². The maximum atomic E-state index is 13.2. The first-order chi connectivity index (χ1) is 9.10. The fraction of sp³-hybridized carbons (Fsp3) is 0.0769. The highest BCUT2D eigenvalue weighted by Gasteiger charge is 2.09. The maximum absolute atomic E-state index is 13.2. The van der Waals surface area contributed by atoms with Crippen molar-refractivity contribution in [2.24, 2.45) is 0 Å². The number of pyridine rings is 1. The van der Waals surface area contributed by atoms with Gasteiger partial charge in [-0.1, -0.05) is 0 Å². The number of carbonyl (C=O) groups is 1. The molecule has 2 rings (SSSR count). The van der Waals surface area contributed by atoms with Crippen LogP contribution >= 0.6 is 0 Å². The Kier molecular flexibility index (Phi) is 3.61. The molecule has 0 saturated carbocycles. The zero-order valence-electron chi connectivity index (χ0n) is 10.2. The molecule has 0 radical (unpaired) electrons. The molecule has 0 bridgehead atoms. The van der Waals surface area contributed by atoms with Crippen molar-refractivity contribution in [3.8, 4) is 5.75 Å². The molecule has 6 heteroatoms. The first kappa shape index (κ1) is 12.8. The number of nitrogens with two attached hydrogens (primary N) is 1. The topological polar surface area (TPSA) is 77.2 Å². The van der Waals surface area contributed by atoms with Crippen LogP contribution in [0.25, 0.3) is 0 Å². The number of carbonyl (C=O) groups excluding carboxylic acids is 1. The second-order valence-electron chi connectivity index (χ2n) is 3.78. The fourth-order valence-electron chi connectivity index (χ4n) is 1.47. The molecule has 0 unspecified atom stereocenters. The van der Waals surface area contributed by atoms with Crippen LogP contribution in [0.1, 0.15) is 10.5 Å². The van der Waals surface area contributed by atoms with Crippen LogP contribution in [-0.2, 0) is 0 Å². The summed E-state index contributed by atoms with van der Waals surface area (Å²) in [5.41, 5.74) is 6.59. The van der Waals surface area contributed by atoms with Crippen LogP contribution in [-0.4, -0.2) is 18.0 Å². The number of amides is 1. The molecule has 0 aliphatic heterocycles. The standard InChI is InChI=1S/C13H12FN3O2/c1-19-12-6-9(3-4-10(12)14)17-13(18)11-5-2-8(15)7-16-11/h2-7H,15H2,1H3,(H,17,18). The van der Waals surface area contributed by atoms with Crippen LogP contribution < -0.4 is 15.8 Å². The van der Waals surface area contributed by atoms with Crippen LogP contribution in [0.5, 0.6) is 5.75 Å². The van der Waals surface area contributed by atoms with Gasteiger partial charge in [-0.15, -0.1) is 0 Å². The van der Waals surface area contributed by atoms with E-state index in [9.17, 15) is 9.18 Å². The lowest BCUT2D eigenvalue weighted by Crippen LogP contribution is -2.13. The van der Waals surface area contributed by atoms with E-state index in [1.165, 1.54) is 37.6 Å². The SMILES string of the molecule is COc1cc(NC(=O)c2ccc(N)cn2)ccc1F. The van der Waals surface area contributed by atoms with E-state index in [4.69, 9.17) is 10.5 Å². The molecular weight excluding hydrogens is 249 g/mol. The summed E-state index contributed by atoms with van der Waals surface area (Å²) in [5, 5.41) is 2.59. The van der Waals surface area contributed by atoms with Gasteiger partial charge in [-0.2, -0.15) is 0 Å². The third-order valence-corrected chi connectivity index (χ3v) is 2.43. The molecule has 1 amide bonds. The van der Waals surface area contributed by atoms with Crippen molar-refractivity contribution in [2.75, 3.05) is 18.2 Å². The second-order valence-corrected chi connectivity index (χ2v) is 3.78. The number of anilines is 2. The van der Waals surface area contributed by atoms with E-state index in [0.717, 1.165) is 0 Å². The monoisotopic (exact) mass is 261 g/mol. The lowest BCUT2D eigenvalue weighted by Gasteiger charge is -2.07. The van der Waals surface area contributed by atoms with Crippen molar-refractivity contribution < 1.29 is 13.9 Å². The van der Waals surface area contributed by atoms with Gasteiger partial charge in [0.15, 0.2) is 11.6 Å². The molecule has 0 aliphatic rings. The first-order valence-electron chi connectivity index (χ1n) is 5.46. The van der Waals surface area contributed by atoms with Crippen molar-refractivity contribution in [2.45, 2.75) is 0 Å². The molecule has 0 aliphatic carbocycles. The van der Waals surface area contributed by atoms with Crippen molar-refractivity contribution >= 4 is 17.3 Å². The summed E-state index contributed by atoms with van der Waals surface area (Å²) in [6.45, 7) is 0. The molecule has 1 heterocycles. The largest absolute Gasteiger partial charge is 0.494 e. The number of nitrogens with zero attached hydrogens (tertiary/aromatic N) is 1. The number of rotatable bonds is 3. The molecule has 1 aromatic carbocycles. The number of benzene rings is 1. The second kappa shape index (κ2) is 5.34. The molecular formula is C13H12FN3O2. The lowest BCUT2D eigenvalue weighted by molar-refractivity contribution is 0.102. The van der Waals surface area contributed by atoms with E-state index in [0.29, 0.717) is 11.4 Å². The van der Waals surface area contributed by atoms with Crippen LogP contribution in [0.4, 0.5) is 15.8 Å². The summed E-state index contributed by atoms with van der Waals surface area (Å²) in [6.07, 6.45) is 1.39.